The molecule has 1 amide bonds. The summed E-state index contributed by atoms with van der Waals surface area (Å²) < 4.78 is 10.7. The van der Waals surface area contributed by atoms with Crippen molar-refractivity contribution in [3.8, 4) is 11.5 Å². The number of aromatic nitrogens is 1. The molecule has 11 nitrogen and oxygen atoms in total. The van der Waals surface area contributed by atoms with Crippen molar-refractivity contribution >= 4 is 45.3 Å². The molecule has 0 atom stereocenters. The van der Waals surface area contributed by atoms with E-state index in [0.29, 0.717) is 33.1 Å². The van der Waals surface area contributed by atoms with Crippen LogP contribution in [-0.2, 0) is 22.6 Å². The van der Waals surface area contributed by atoms with Gasteiger partial charge in [-0.1, -0.05) is 36.4 Å². The average molecular weight is 640 g/mol. The fraction of sp³-hybridized carbons (Fsp3) is 0.222. The van der Waals surface area contributed by atoms with Crippen LogP contribution in [0.2, 0.25) is 0 Å². The number of carboxylic acids is 2. The first kappa shape index (κ1) is 34.2. The fourth-order valence-electron chi connectivity index (χ4n) is 5.17. The highest BCUT2D eigenvalue weighted by atomic mass is 16.5. The lowest BCUT2D eigenvalue weighted by atomic mass is 10.1. The quantitative estimate of drug-likeness (QED) is 0.0825. The zero-order chi connectivity index (χ0) is 33.9. The molecule has 5 rings (SSSR count). The molecule has 0 saturated heterocycles. The SMILES string of the molecule is COc1ccc(CN(C)CCCCc2ccc(NC(=O)c3cccc4c(=O)c5ccccc5[nH]c34)cc2)cc1OC.O=C(O)C(=O)O. The van der Waals surface area contributed by atoms with Crippen molar-refractivity contribution in [1.82, 2.24) is 9.88 Å². The third-order valence-corrected chi connectivity index (χ3v) is 7.54. The first-order valence-corrected chi connectivity index (χ1v) is 14.9. The molecule has 0 spiro atoms. The number of amides is 1. The van der Waals surface area contributed by atoms with Gasteiger partial charge >= 0.3 is 11.9 Å². The average Bonchev–Trinajstić information content (AvgIpc) is 3.07. The highest BCUT2D eigenvalue weighted by molar-refractivity contribution is 6.27. The predicted octanol–water partition coefficient (Wildman–Crippen LogP) is 5.56. The van der Waals surface area contributed by atoms with Crippen LogP contribution in [0.4, 0.5) is 5.69 Å². The molecule has 1 heterocycles. The summed E-state index contributed by atoms with van der Waals surface area (Å²) in [7, 11) is 5.43. The van der Waals surface area contributed by atoms with Gasteiger partial charge in [0.1, 0.15) is 0 Å². The number of nitrogens with one attached hydrogen (secondary N) is 2. The fourth-order valence-corrected chi connectivity index (χ4v) is 5.17. The first-order valence-electron chi connectivity index (χ1n) is 14.9. The number of rotatable bonds is 11. The van der Waals surface area contributed by atoms with Crippen LogP contribution in [0.15, 0.2) is 89.7 Å². The molecule has 47 heavy (non-hydrogen) atoms. The number of hydrogen-bond acceptors (Lipinski definition) is 7. The second kappa shape index (κ2) is 16.1. The van der Waals surface area contributed by atoms with Crippen molar-refractivity contribution in [3.63, 3.8) is 0 Å². The largest absolute Gasteiger partial charge is 0.493 e. The number of H-pyrrole nitrogens is 1. The molecule has 1 aromatic heterocycles. The minimum absolute atomic E-state index is 0.0829. The molecule has 0 aliphatic rings. The van der Waals surface area contributed by atoms with Crippen molar-refractivity contribution in [2.75, 3.05) is 33.1 Å². The number of carbonyl (C=O) groups is 3. The Kier molecular flexibility index (Phi) is 11.7. The highest BCUT2D eigenvalue weighted by Gasteiger charge is 2.14. The van der Waals surface area contributed by atoms with Gasteiger partial charge in [0.25, 0.3) is 5.91 Å². The predicted molar refractivity (Wildman–Crippen MR) is 181 cm³/mol. The van der Waals surface area contributed by atoms with E-state index in [-0.39, 0.29) is 11.3 Å². The number of methoxy groups -OCH3 is 2. The number of aromatic amines is 1. The van der Waals surface area contributed by atoms with E-state index in [9.17, 15) is 9.59 Å². The Morgan fingerprint density at radius 1 is 0.787 bits per heavy atom. The van der Waals surface area contributed by atoms with Gasteiger partial charge in [-0.05, 0) is 92.5 Å². The molecule has 4 N–H and O–H groups in total. The molecule has 4 aromatic carbocycles. The molecule has 0 unspecified atom stereocenters. The lowest BCUT2D eigenvalue weighted by molar-refractivity contribution is -0.159. The second-order valence-electron chi connectivity index (χ2n) is 10.9. The molecule has 0 fully saturated rings. The second-order valence-corrected chi connectivity index (χ2v) is 10.9. The number of aryl methyl sites for hydroxylation is 1. The number of anilines is 1. The lowest BCUT2D eigenvalue weighted by Crippen LogP contribution is -2.19. The summed E-state index contributed by atoms with van der Waals surface area (Å²) in [4.78, 5) is 49.9. The minimum Gasteiger partial charge on any atom is -0.493 e. The van der Waals surface area contributed by atoms with E-state index in [4.69, 9.17) is 29.3 Å². The van der Waals surface area contributed by atoms with Gasteiger partial charge in [0.15, 0.2) is 16.9 Å². The summed E-state index contributed by atoms with van der Waals surface area (Å²) >= 11 is 0. The molecule has 0 aliphatic carbocycles. The molecular formula is C36H37N3O8. The third-order valence-electron chi connectivity index (χ3n) is 7.54. The Labute approximate surface area is 271 Å². The number of carboxylic acid groups (broad SMARTS) is 2. The van der Waals surface area contributed by atoms with Crippen LogP contribution in [-0.4, -0.2) is 65.8 Å². The smallest absolute Gasteiger partial charge is 0.414 e. The molecular weight excluding hydrogens is 602 g/mol. The minimum atomic E-state index is -1.82. The summed E-state index contributed by atoms with van der Waals surface area (Å²) in [5.41, 5.74) is 4.74. The number of pyridine rings is 1. The van der Waals surface area contributed by atoms with E-state index < -0.39 is 11.9 Å². The van der Waals surface area contributed by atoms with E-state index in [2.05, 4.69) is 40.4 Å². The number of benzene rings is 4. The van der Waals surface area contributed by atoms with Crippen LogP contribution in [0.25, 0.3) is 21.8 Å². The number of fused-ring (bicyclic) bond motifs is 2. The number of nitrogens with zero attached hydrogens (tertiary/aromatic N) is 1. The maximum Gasteiger partial charge on any atom is 0.414 e. The molecule has 0 bridgehead atoms. The third kappa shape index (κ3) is 8.95. The van der Waals surface area contributed by atoms with Gasteiger partial charge in [-0.2, -0.15) is 0 Å². The van der Waals surface area contributed by atoms with Crippen LogP contribution >= 0.6 is 0 Å². The summed E-state index contributed by atoms with van der Waals surface area (Å²) in [5.74, 6) is -2.42. The van der Waals surface area contributed by atoms with Crippen molar-refractivity contribution < 1.29 is 34.1 Å². The van der Waals surface area contributed by atoms with Crippen LogP contribution in [0.5, 0.6) is 11.5 Å². The normalized spacial score (nSPS) is 10.7. The van der Waals surface area contributed by atoms with E-state index in [1.54, 1.807) is 38.5 Å². The Hall–Kier alpha value is -5.68. The van der Waals surface area contributed by atoms with E-state index >= 15 is 0 Å². The summed E-state index contributed by atoms with van der Waals surface area (Å²) in [6.07, 6.45) is 3.12. The summed E-state index contributed by atoms with van der Waals surface area (Å²) in [6.45, 7) is 1.83. The number of carbonyl (C=O) groups excluding carboxylic acids is 1. The van der Waals surface area contributed by atoms with Crippen LogP contribution in [0, 0.1) is 0 Å². The Bertz CT molecular complexity index is 1920. The number of hydrogen-bond donors (Lipinski definition) is 4. The molecule has 0 aliphatic heterocycles. The van der Waals surface area contributed by atoms with Crippen LogP contribution in [0.1, 0.15) is 34.3 Å². The van der Waals surface area contributed by atoms with Crippen molar-refractivity contribution in [2.24, 2.45) is 0 Å². The van der Waals surface area contributed by atoms with Gasteiger partial charge in [-0.25, -0.2) is 9.59 Å². The summed E-state index contributed by atoms with van der Waals surface area (Å²) in [6, 6.07) is 26.6. The Balaban J connectivity index is 0.000000762. The number of aliphatic carboxylic acids is 2. The van der Waals surface area contributed by atoms with E-state index in [0.717, 1.165) is 43.9 Å². The molecule has 244 valence electrons. The number of ether oxygens (including phenoxy) is 2. The maximum atomic E-state index is 13.2. The molecule has 5 aromatic rings. The van der Waals surface area contributed by atoms with Gasteiger partial charge < -0.3 is 34.9 Å². The van der Waals surface area contributed by atoms with Gasteiger partial charge in [0.05, 0.1) is 25.3 Å². The molecule has 0 saturated carbocycles. The number of para-hydroxylation sites is 2. The van der Waals surface area contributed by atoms with Gasteiger partial charge in [-0.3, -0.25) is 9.59 Å². The number of unbranched alkanes of at least 4 members (excludes halogenated alkanes) is 1. The Morgan fingerprint density at radius 3 is 2.13 bits per heavy atom. The lowest BCUT2D eigenvalue weighted by Gasteiger charge is -2.18. The molecule has 11 heteroatoms. The zero-order valence-electron chi connectivity index (χ0n) is 26.4. The van der Waals surface area contributed by atoms with E-state index in [1.807, 2.05) is 42.5 Å². The topological polar surface area (TPSA) is 158 Å². The van der Waals surface area contributed by atoms with E-state index in [1.165, 1.54) is 11.1 Å². The Morgan fingerprint density at radius 2 is 1.45 bits per heavy atom. The van der Waals surface area contributed by atoms with Crippen molar-refractivity contribution in [1.29, 1.82) is 0 Å². The summed E-state index contributed by atoms with van der Waals surface area (Å²) in [5, 5.41) is 18.9. The standard InChI is InChI=1S/C34H35N3O4.C2H2O4/c1-37(22-24-16-19-30(40-2)31(21-24)41-3)20-7-6-9-23-14-17-25(18-15-23)35-34(39)28-12-8-11-27-32(28)36-29-13-5-4-10-26(29)33(27)38;3-1(4)2(5)6/h4-5,8,10-19,21H,6-7,9,20,22H2,1-3H3,(H,35,39)(H,36,38);(H,3,4)(H,5,6). The van der Waals surface area contributed by atoms with Crippen LogP contribution < -0.4 is 20.2 Å². The maximum absolute atomic E-state index is 13.2. The van der Waals surface area contributed by atoms with Gasteiger partial charge in [-0.15, -0.1) is 0 Å². The zero-order valence-corrected chi connectivity index (χ0v) is 26.4. The van der Waals surface area contributed by atoms with Gasteiger partial charge in [0.2, 0.25) is 0 Å². The highest BCUT2D eigenvalue weighted by Crippen LogP contribution is 2.28. The van der Waals surface area contributed by atoms with Gasteiger partial charge in [0, 0.05) is 28.5 Å². The molecule has 0 radical (unpaired) electrons. The van der Waals surface area contributed by atoms with Crippen molar-refractivity contribution in [3.05, 3.63) is 112 Å². The van der Waals surface area contributed by atoms with Crippen molar-refractivity contribution in [2.45, 2.75) is 25.8 Å². The monoisotopic (exact) mass is 639 g/mol. The first-order chi connectivity index (χ1) is 22.6. The van der Waals surface area contributed by atoms with Crippen LogP contribution in [0.3, 0.4) is 0 Å².